The van der Waals surface area contributed by atoms with Crippen LogP contribution < -0.4 is 14.7 Å². The second-order valence-electron chi connectivity index (χ2n) is 16.0. The number of hydrogen-bond acceptors (Lipinski definition) is 3. The van der Waals surface area contributed by atoms with Gasteiger partial charge < -0.3 is 14.7 Å². The minimum Gasteiger partial charge on any atom is -0.311 e. The lowest BCUT2D eigenvalue weighted by atomic mass is 9.91. The van der Waals surface area contributed by atoms with Gasteiger partial charge >= 0.3 is 0 Å². The molecule has 2 aliphatic carbocycles. The smallest absolute Gasteiger partial charge is 0.0464 e. The van der Waals surface area contributed by atoms with Crippen LogP contribution in [0.5, 0.6) is 0 Å². The van der Waals surface area contributed by atoms with Crippen LogP contribution in [-0.4, -0.2) is 0 Å². The number of allylic oxidation sites excluding steroid dienone is 6. The number of rotatable bonds is 11. The largest absolute Gasteiger partial charge is 0.311 e. The second kappa shape index (κ2) is 17.4. The van der Waals surface area contributed by atoms with E-state index in [4.69, 9.17) is 0 Å². The van der Waals surface area contributed by atoms with E-state index in [1.165, 1.54) is 50.5 Å². The molecule has 1 atom stereocenters. The van der Waals surface area contributed by atoms with Crippen molar-refractivity contribution < 1.29 is 0 Å². The van der Waals surface area contributed by atoms with E-state index in [-0.39, 0.29) is 0 Å². The zero-order valence-electron chi connectivity index (χ0n) is 34.7. The van der Waals surface area contributed by atoms with Gasteiger partial charge in [-0.25, -0.2) is 0 Å². The Morgan fingerprint density at radius 3 is 1.40 bits per heavy atom. The van der Waals surface area contributed by atoms with E-state index in [0.29, 0.717) is 5.92 Å². The summed E-state index contributed by atoms with van der Waals surface area (Å²) in [5.41, 5.74) is 18.1. The number of nitrogens with zero attached hydrogens (tertiary/aromatic N) is 3. The average Bonchev–Trinajstić information content (AvgIpc) is 3.29. The molecule has 0 saturated heterocycles. The highest BCUT2D eigenvalue weighted by atomic mass is 15.2. The molecule has 9 rings (SSSR count). The highest BCUT2D eigenvalue weighted by Gasteiger charge is 2.20. The van der Waals surface area contributed by atoms with Crippen molar-refractivity contribution in [1.82, 2.24) is 0 Å². The summed E-state index contributed by atoms with van der Waals surface area (Å²) in [6.45, 7) is 6.54. The van der Waals surface area contributed by atoms with Gasteiger partial charge in [-0.15, -0.1) is 0 Å². The van der Waals surface area contributed by atoms with E-state index in [2.05, 4.69) is 248 Å². The molecular formula is C57H51N3. The van der Waals surface area contributed by atoms with Crippen molar-refractivity contribution in [3.8, 4) is 11.1 Å². The molecule has 0 aliphatic heterocycles. The van der Waals surface area contributed by atoms with Crippen LogP contribution in [0.25, 0.3) is 11.1 Å². The van der Waals surface area contributed by atoms with E-state index >= 15 is 0 Å². The van der Waals surface area contributed by atoms with Crippen LogP contribution in [0.4, 0.5) is 39.8 Å². The first-order valence-electron chi connectivity index (χ1n) is 21.2. The zero-order chi connectivity index (χ0) is 40.8. The lowest BCUT2D eigenvalue weighted by Crippen LogP contribution is -2.17. The first kappa shape index (κ1) is 38.4. The van der Waals surface area contributed by atoms with Gasteiger partial charge in [0.25, 0.3) is 0 Å². The number of anilines is 7. The Morgan fingerprint density at radius 1 is 0.417 bits per heavy atom. The summed E-state index contributed by atoms with van der Waals surface area (Å²) in [6, 6.07) is 65.9. The number of benzene rings is 7. The maximum atomic E-state index is 2.39. The summed E-state index contributed by atoms with van der Waals surface area (Å²) in [6.07, 6.45) is 14.9. The molecule has 0 aromatic heterocycles. The first-order chi connectivity index (χ1) is 29.5. The molecule has 7 aromatic carbocycles. The molecule has 0 bridgehead atoms. The van der Waals surface area contributed by atoms with Crippen molar-refractivity contribution >= 4 is 39.8 Å². The predicted molar refractivity (Wildman–Crippen MR) is 255 cm³/mol. The third kappa shape index (κ3) is 8.39. The molecule has 0 saturated carbocycles. The van der Waals surface area contributed by atoms with E-state index in [0.717, 1.165) is 53.4 Å². The van der Waals surface area contributed by atoms with Gasteiger partial charge in [0.1, 0.15) is 0 Å². The molecular weight excluding hydrogens is 727 g/mol. The van der Waals surface area contributed by atoms with Crippen LogP contribution >= 0.6 is 0 Å². The van der Waals surface area contributed by atoms with Crippen LogP contribution in [0.15, 0.2) is 229 Å². The van der Waals surface area contributed by atoms with Gasteiger partial charge in [0, 0.05) is 57.1 Å². The lowest BCUT2D eigenvalue weighted by molar-refractivity contribution is 0.840. The van der Waals surface area contributed by atoms with Crippen LogP contribution in [0, 0.1) is 13.8 Å². The summed E-state index contributed by atoms with van der Waals surface area (Å²) in [4.78, 5) is 7.09. The van der Waals surface area contributed by atoms with E-state index < -0.39 is 0 Å². The molecule has 0 fully saturated rings. The minimum atomic E-state index is 0.297. The van der Waals surface area contributed by atoms with Crippen molar-refractivity contribution in [3.63, 3.8) is 0 Å². The molecule has 60 heavy (non-hydrogen) atoms. The molecule has 0 spiro atoms. The van der Waals surface area contributed by atoms with Gasteiger partial charge in [-0.3, -0.25) is 0 Å². The molecule has 7 aromatic rings. The van der Waals surface area contributed by atoms with Gasteiger partial charge in [-0.1, -0.05) is 121 Å². The van der Waals surface area contributed by atoms with Crippen molar-refractivity contribution in [2.45, 2.75) is 46.0 Å². The fourth-order valence-corrected chi connectivity index (χ4v) is 8.52. The maximum absolute atomic E-state index is 2.39. The normalized spacial score (nSPS) is 14.8. The Labute approximate surface area is 356 Å². The zero-order valence-corrected chi connectivity index (χ0v) is 34.7. The highest BCUT2D eigenvalue weighted by Crippen LogP contribution is 2.40. The average molecular weight is 778 g/mol. The fraction of sp³-hybridized carbons (Fsp3) is 0.123. The van der Waals surface area contributed by atoms with Crippen LogP contribution in [0.2, 0.25) is 0 Å². The molecule has 1 unspecified atom stereocenters. The van der Waals surface area contributed by atoms with Crippen LogP contribution in [0.1, 0.15) is 48.8 Å². The van der Waals surface area contributed by atoms with Crippen molar-refractivity contribution in [2.75, 3.05) is 14.7 Å². The molecule has 2 aliphatic rings. The Bertz CT molecular complexity index is 2690. The predicted octanol–water partition coefficient (Wildman–Crippen LogP) is 16.0. The highest BCUT2D eigenvalue weighted by molar-refractivity contribution is 5.78. The summed E-state index contributed by atoms with van der Waals surface area (Å²) in [5, 5.41) is 0. The van der Waals surface area contributed by atoms with E-state index in [1.54, 1.807) is 0 Å². The third-order valence-electron chi connectivity index (χ3n) is 11.6. The maximum Gasteiger partial charge on any atom is 0.0464 e. The Hall–Kier alpha value is -7.10. The Kier molecular flexibility index (Phi) is 11.1. The Morgan fingerprint density at radius 2 is 0.883 bits per heavy atom. The third-order valence-corrected chi connectivity index (χ3v) is 11.6. The summed E-state index contributed by atoms with van der Waals surface area (Å²) in [5.74, 6) is 0.297. The molecule has 0 amide bonds. The SMILES string of the molecule is CC1=CC(N(c2ccc(-c3ccc(N(C4=CCC(c5ccc(N(c6ccccc6)c6cccc(C)c6)cc5)C=C4)c4ccccc4)cc3)cc2)c2cccc(C)c2)=CCC1. The number of para-hydroxylation sites is 2. The van der Waals surface area contributed by atoms with Crippen molar-refractivity contribution in [3.05, 3.63) is 246 Å². The van der Waals surface area contributed by atoms with Gasteiger partial charge in [0.15, 0.2) is 0 Å². The van der Waals surface area contributed by atoms with Gasteiger partial charge in [0.2, 0.25) is 0 Å². The first-order valence-corrected chi connectivity index (χ1v) is 21.2. The standard InChI is InChI=1S/C57H51N3/c1-42-13-10-20-55(39-42)59(50-18-8-5-9-19-50)53-35-27-47(28-36-53)45-23-31-51(32-24-45)58(49-16-6-4-7-17-49)52-33-25-46(26-34-52)48-29-37-54(38-30-48)60(56-21-11-14-43(2)40-56)57-22-12-15-44(3)41-57/h4-11,13-14,16-23,25-41,45H,12,15,24H2,1-3H3. The van der Waals surface area contributed by atoms with Crippen molar-refractivity contribution in [1.29, 1.82) is 0 Å². The lowest BCUT2D eigenvalue weighted by Gasteiger charge is -2.29. The van der Waals surface area contributed by atoms with E-state index in [9.17, 15) is 0 Å². The van der Waals surface area contributed by atoms with Crippen molar-refractivity contribution in [2.24, 2.45) is 0 Å². The monoisotopic (exact) mass is 777 g/mol. The summed E-state index contributed by atoms with van der Waals surface area (Å²) in [7, 11) is 0. The van der Waals surface area contributed by atoms with Gasteiger partial charge in [0.05, 0.1) is 0 Å². The van der Waals surface area contributed by atoms with E-state index in [1.807, 2.05) is 0 Å². The van der Waals surface area contributed by atoms with Crippen LogP contribution in [-0.2, 0) is 0 Å². The molecule has 3 nitrogen and oxygen atoms in total. The number of aryl methyl sites for hydroxylation is 2. The quantitative estimate of drug-likeness (QED) is 0.130. The molecule has 0 radical (unpaired) electrons. The van der Waals surface area contributed by atoms with Gasteiger partial charge in [-0.2, -0.15) is 0 Å². The van der Waals surface area contributed by atoms with Gasteiger partial charge in [-0.05, 0) is 165 Å². The second-order valence-corrected chi connectivity index (χ2v) is 16.0. The van der Waals surface area contributed by atoms with Crippen LogP contribution in [0.3, 0.4) is 0 Å². The topological polar surface area (TPSA) is 9.72 Å². The Balaban J connectivity index is 0.944. The minimum absolute atomic E-state index is 0.297. The summed E-state index contributed by atoms with van der Waals surface area (Å²) >= 11 is 0. The fourth-order valence-electron chi connectivity index (χ4n) is 8.52. The summed E-state index contributed by atoms with van der Waals surface area (Å²) < 4.78 is 0. The molecule has 294 valence electrons. The molecule has 3 heteroatoms. The molecule has 0 N–H and O–H groups in total. The number of hydrogen-bond donors (Lipinski definition) is 0. The molecule has 0 heterocycles.